The molecule has 0 aromatic carbocycles. The highest BCUT2D eigenvalue weighted by Gasteiger charge is 2.96. The van der Waals surface area contributed by atoms with E-state index < -0.39 is 124 Å². The molecule has 4 saturated heterocycles. The molecule has 3 N–H and O–H groups in total. The molecule has 5 heterocycles. The maximum absolute atomic E-state index is 14.4. The van der Waals surface area contributed by atoms with E-state index in [1.807, 2.05) is 0 Å². The van der Waals surface area contributed by atoms with Crippen LogP contribution in [0.3, 0.4) is 0 Å². The summed E-state index contributed by atoms with van der Waals surface area (Å²) in [6, 6.07) is 0. The third kappa shape index (κ3) is 3.56. The van der Waals surface area contributed by atoms with Crippen LogP contribution in [0.15, 0.2) is 24.0 Å². The highest BCUT2D eigenvalue weighted by molar-refractivity contribution is 5.88. The predicted octanol–water partition coefficient (Wildman–Crippen LogP) is -0.203. The molecular weight excluding hydrogens is 676 g/mol. The normalized spacial score (nSPS) is 53.9. The van der Waals surface area contributed by atoms with Crippen molar-refractivity contribution in [3.63, 3.8) is 0 Å². The minimum absolute atomic E-state index is 0.0251. The molecule has 5 aliphatic heterocycles. The second-order valence-corrected chi connectivity index (χ2v) is 15.8. The zero-order chi connectivity index (χ0) is 36.9. The summed E-state index contributed by atoms with van der Waals surface area (Å²) in [5.41, 5.74) is -11.0. The molecule has 7 fully saturated rings. The maximum Gasteiger partial charge on any atom is 0.366 e. The van der Waals surface area contributed by atoms with Crippen LogP contribution < -0.4 is 0 Å². The monoisotopic (exact) mass is 720 g/mol. The van der Waals surface area contributed by atoms with Crippen LogP contribution >= 0.6 is 0 Å². The molecule has 0 spiro atoms. The smallest absolute Gasteiger partial charge is 0.366 e. The van der Waals surface area contributed by atoms with E-state index in [1.54, 1.807) is 26.8 Å². The first kappa shape index (κ1) is 34.9. The van der Waals surface area contributed by atoms with Gasteiger partial charge >= 0.3 is 23.9 Å². The van der Waals surface area contributed by atoms with Gasteiger partial charge in [-0.25, -0.2) is 9.59 Å². The Kier molecular flexibility index (Phi) is 7.20. The Balaban J connectivity index is 1.42. The molecule has 8 aliphatic rings. The van der Waals surface area contributed by atoms with Crippen LogP contribution in [0.1, 0.15) is 47.5 Å². The van der Waals surface area contributed by atoms with E-state index in [1.165, 1.54) is 33.3 Å². The maximum atomic E-state index is 14.4. The molecule has 16 heteroatoms. The van der Waals surface area contributed by atoms with Crippen molar-refractivity contribution < 1.29 is 77.1 Å². The van der Waals surface area contributed by atoms with Crippen LogP contribution in [0, 0.1) is 34.0 Å². The van der Waals surface area contributed by atoms with Crippen molar-refractivity contribution in [2.24, 2.45) is 34.0 Å². The lowest BCUT2D eigenvalue weighted by Gasteiger charge is -2.71. The van der Waals surface area contributed by atoms with Crippen molar-refractivity contribution in [1.82, 2.24) is 0 Å². The number of fused-ring (bicyclic) bond motifs is 7. The lowest BCUT2D eigenvalue weighted by Crippen LogP contribution is -2.86. The number of hydrogen-bond donors (Lipinski definition) is 3. The average Bonchev–Trinajstić information content (AvgIpc) is 3.83. The summed E-state index contributed by atoms with van der Waals surface area (Å²) in [6.45, 7) is 6.71. The van der Waals surface area contributed by atoms with Crippen molar-refractivity contribution in [3.05, 3.63) is 24.0 Å². The number of hydrogen-bond acceptors (Lipinski definition) is 16. The number of rotatable bonds is 5. The van der Waals surface area contributed by atoms with Crippen LogP contribution in [-0.4, -0.2) is 126 Å². The molecule has 0 amide bonds. The number of aliphatic hydroxyl groups excluding tert-OH is 1. The SMILES string of the molecule is C/C=C(\C)C(=O)O[C@@H]1C[C@@H](OC(C)=O)[C@@]2(C(=O)OC)CO[C@H]3[C@@H](O)[C@@]45CO[C@@](C(=O)OC)(O[C@@]6(C)[C@H]7C[C@H](O[C@@H]8OC=C[C@@]87O)[C@@]46O)[C@@H]5[C@]1(C)[C@@H]32. The first-order valence-corrected chi connectivity index (χ1v) is 17.2. The molecule has 16 nitrogen and oxygen atoms in total. The van der Waals surface area contributed by atoms with Gasteiger partial charge in [-0.1, -0.05) is 13.0 Å². The van der Waals surface area contributed by atoms with E-state index in [0.717, 1.165) is 7.11 Å². The standard InChI is InChI=1S/C35H44O16/c1-8-15(2)24(38)49-18-12-19(48-16(3)36)31(26(39)43-6)13-46-21-22(31)29(18,4)25-32(23(21)37)14-47-34(25,27(40)44-7)51-30(5)17-11-20(35(30,32)42)50-28-33(17,41)9-10-45-28/h8-10,17-23,25,28,37,41-42H,11-14H2,1-7H3/b15-8+/t17-,18-,19-,20+,21-,22-,23-,25-,28+,29+,30+,31+,32-,33+,34-,35+/m1/s1. The predicted molar refractivity (Wildman–Crippen MR) is 164 cm³/mol. The lowest BCUT2D eigenvalue weighted by molar-refractivity contribution is -0.410. The van der Waals surface area contributed by atoms with Gasteiger partial charge in [0.1, 0.15) is 28.8 Å². The van der Waals surface area contributed by atoms with Crippen LogP contribution in [0.2, 0.25) is 0 Å². The molecule has 3 saturated carbocycles. The van der Waals surface area contributed by atoms with E-state index in [9.17, 15) is 34.5 Å². The highest BCUT2D eigenvalue weighted by Crippen LogP contribution is 2.81. The van der Waals surface area contributed by atoms with Gasteiger partial charge in [0.05, 0.1) is 57.4 Å². The van der Waals surface area contributed by atoms with Crippen molar-refractivity contribution in [3.8, 4) is 0 Å². The zero-order valence-corrected chi connectivity index (χ0v) is 29.4. The molecule has 0 aromatic heterocycles. The second kappa shape index (κ2) is 10.5. The Morgan fingerprint density at radius 3 is 2.31 bits per heavy atom. The number of allylic oxidation sites excluding steroid dienone is 1. The first-order valence-electron chi connectivity index (χ1n) is 17.2. The molecule has 4 bridgehead atoms. The van der Waals surface area contributed by atoms with Crippen molar-refractivity contribution in [2.45, 2.75) is 107 Å². The first-order chi connectivity index (χ1) is 23.9. The summed E-state index contributed by atoms with van der Waals surface area (Å²) in [4.78, 5) is 54.8. The van der Waals surface area contributed by atoms with Gasteiger partial charge in [0, 0.05) is 42.1 Å². The number of ether oxygens (including phenoxy) is 9. The summed E-state index contributed by atoms with van der Waals surface area (Å²) >= 11 is 0. The molecule has 0 radical (unpaired) electrons. The molecule has 0 unspecified atom stereocenters. The number of aliphatic hydroxyl groups is 3. The summed E-state index contributed by atoms with van der Waals surface area (Å²) < 4.78 is 54.5. The van der Waals surface area contributed by atoms with Crippen molar-refractivity contribution >= 4 is 23.9 Å². The van der Waals surface area contributed by atoms with Gasteiger partial charge in [0.15, 0.2) is 5.60 Å². The van der Waals surface area contributed by atoms with Crippen molar-refractivity contribution in [1.29, 1.82) is 0 Å². The molecular formula is C35H44O16. The molecule has 280 valence electrons. The summed E-state index contributed by atoms with van der Waals surface area (Å²) in [5.74, 6) is -9.30. The fourth-order valence-corrected chi connectivity index (χ4v) is 12.2. The number of esters is 4. The van der Waals surface area contributed by atoms with E-state index in [0.29, 0.717) is 0 Å². The molecule has 16 atom stereocenters. The van der Waals surface area contributed by atoms with E-state index >= 15 is 0 Å². The molecule has 8 rings (SSSR count). The Morgan fingerprint density at radius 1 is 0.961 bits per heavy atom. The van der Waals surface area contributed by atoms with E-state index in [4.69, 9.17) is 42.6 Å². The van der Waals surface area contributed by atoms with E-state index in [2.05, 4.69) is 0 Å². The van der Waals surface area contributed by atoms with Gasteiger partial charge in [-0.2, -0.15) is 0 Å². The summed E-state index contributed by atoms with van der Waals surface area (Å²) in [6.07, 6.45) is -3.94. The van der Waals surface area contributed by atoms with Crippen LogP contribution in [0.25, 0.3) is 0 Å². The number of methoxy groups -OCH3 is 2. The largest absolute Gasteiger partial charge is 0.469 e. The van der Waals surface area contributed by atoms with Crippen LogP contribution in [-0.2, 0) is 61.8 Å². The van der Waals surface area contributed by atoms with Gasteiger partial charge < -0.3 is 58.0 Å². The molecule has 0 aromatic rings. The number of carbonyl (C=O) groups is 4. The van der Waals surface area contributed by atoms with Gasteiger partial charge in [-0.05, 0) is 33.3 Å². The number of carbonyl (C=O) groups excluding carboxylic acids is 4. The van der Waals surface area contributed by atoms with Gasteiger partial charge in [0.2, 0.25) is 6.29 Å². The minimum Gasteiger partial charge on any atom is -0.469 e. The van der Waals surface area contributed by atoms with Crippen LogP contribution in [0.4, 0.5) is 0 Å². The summed E-state index contributed by atoms with van der Waals surface area (Å²) in [5, 5.41) is 38.5. The third-order valence-corrected chi connectivity index (χ3v) is 14.2. The zero-order valence-electron chi connectivity index (χ0n) is 29.4. The Labute approximate surface area is 293 Å². The second-order valence-electron chi connectivity index (χ2n) is 15.8. The lowest BCUT2D eigenvalue weighted by atomic mass is 9.35. The average molecular weight is 721 g/mol. The van der Waals surface area contributed by atoms with Crippen LogP contribution in [0.5, 0.6) is 0 Å². The van der Waals surface area contributed by atoms with Gasteiger partial charge in [-0.15, -0.1) is 0 Å². The fraction of sp³-hybridized carbons (Fsp3) is 0.771. The van der Waals surface area contributed by atoms with Gasteiger partial charge in [0.25, 0.3) is 5.79 Å². The summed E-state index contributed by atoms with van der Waals surface area (Å²) in [7, 11) is 2.30. The quantitative estimate of drug-likeness (QED) is 0.191. The minimum atomic E-state index is -2.41. The highest BCUT2D eigenvalue weighted by atomic mass is 16.8. The Bertz CT molecular complexity index is 1660. The fourth-order valence-electron chi connectivity index (χ4n) is 12.2. The molecule has 51 heavy (non-hydrogen) atoms. The van der Waals surface area contributed by atoms with Gasteiger partial charge in [-0.3, -0.25) is 9.59 Å². The van der Waals surface area contributed by atoms with E-state index in [-0.39, 0.29) is 25.0 Å². The van der Waals surface area contributed by atoms with Crippen molar-refractivity contribution in [2.75, 3.05) is 27.4 Å². The molecule has 3 aliphatic carbocycles. The third-order valence-electron chi connectivity index (χ3n) is 14.2. The Hall–Kier alpha value is -3.12. The Morgan fingerprint density at radius 2 is 1.67 bits per heavy atom. The topological polar surface area (TPSA) is 212 Å².